The molecule has 3 aliphatic heterocycles. The molecule has 3 fully saturated rings. The van der Waals surface area contributed by atoms with Crippen molar-refractivity contribution in [1.29, 1.82) is 0 Å². The quantitative estimate of drug-likeness (QED) is 0.271. The molecule has 3 aromatic carbocycles. The number of nitrogens with zero attached hydrogens (tertiary/aromatic N) is 5. The standard InChI is InChI=1S/C32H31ClFN5O2/c1-19(34)31(40)38-15-13-27-28(38)17-39(27)30-24-12-11-21(23-9-3-6-20-7-4-10-25(33)29(20)23)16-26(24)35-32(36-30)41-18-22-8-5-14-37(22)2/h3-4,6-7,9-12,16,22,27-28H,1,5,8,13-15,17-18H2,2H3/t22?,27-,28-/m1/s1. The van der Waals surface area contributed by atoms with E-state index in [1.54, 1.807) is 4.90 Å². The number of ether oxygens (including phenoxy) is 1. The monoisotopic (exact) mass is 571 g/mol. The molecule has 1 amide bonds. The van der Waals surface area contributed by atoms with Crippen LogP contribution < -0.4 is 9.64 Å². The highest BCUT2D eigenvalue weighted by Gasteiger charge is 2.50. The molecule has 0 N–H and O–H groups in total. The first-order chi connectivity index (χ1) is 19.9. The van der Waals surface area contributed by atoms with Crippen LogP contribution in [0.1, 0.15) is 19.3 Å². The van der Waals surface area contributed by atoms with E-state index in [-0.39, 0.29) is 12.1 Å². The van der Waals surface area contributed by atoms with Crippen molar-refractivity contribution in [3.8, 4) is 17.1 Å². The van der Waals surface area contributed by atoms with E-state index in [1.165, 1.54) is 0 Å². The number of carbonyl (C=O) groups excluding carboxylic acids is 1. The summed E-state index contributed by atoms with van der Waals surface area (Å²) in [6, 6.07) is 19.0. The van der Waals surface area contributed by atoms with Gasteiger partial charge in [-0.1, -0.05) is 54.6 Å². The molecule has 3 saturated heterocycles. The van der Waals surface area contributed by atoms with E-state index in [1.807, 2.05) is 18.2 Å². The van der Waals surface area contributed by atoms with Gasteiger partial charge in [-0.3, -0.25) is 4.79 Å². The van der Waals surface area contributed by atoms with Crippen LogP contribution in [-0.2, 0) is 4.79 Å². The first-order valence-electron chi connectivity index (χ1n) is 14.1. The second-order valence-electron chi connectivity index (χ2n) is 11.3. The second-order valence-corrected chi connectivity index (χ2v) is 11.7. The Labute approximate surface area is 243 Å². The Balaban J connectivity index is 1.28. The molecule has 0 saturated carbocycles. The van der Waals surface area contributed by atoms with E-state index < -0.39 is 11.7 Å². The number of amides is 1. The van der Waals surface area contributed by atoms with Gasteiger partial charge in [0.1, 0.15) is 12.4 Å². The van der Waals surface area contributed by atoms with Crippen molar-refractivity contribution in [2.75, 3.05) is 38.2 Å². The number of halogens is 2. The van der Waals surface area contributed by atoms with Crippen molar-refractivity contribution in [2.45, 2.75) is 37.4 Å². The van der Waals surface area contributed by atoms with E-state index in [2.05, 4.69) is 59.8 Å². The normalized spacial score (nSPS) is 22.3. The molecule has 3 aliphatic rings. The summed E-state index contributed by atoms with van der Waals surface area (Å²) in [5.74, 6) is -0.750. The summed E-state index contributed by atoms with van der Waals surface area (Å²) in [6.45, 7) is 5.86. The number of likely N-dealkylation sites (N-methyl/N-ethyl adjacent to an activating group) is 1. The molecule has 210 valence electrons. The van der Waals surface area contributed by atoms with Crippen molar-refractivity contribution in [3.63, 3.8) is 0 Å². The van der Waals surface area contributed by atoms with Crippen molar-refractivity contribution < 1.29 is 13.9 Å². The summed E-state index contributed by atoms with van der Waals surface area (Å²) < 4.78 is 19.9. The Morgan fingerprint density at radius 2 is 1.93 bits per heavy atom. The van der Waals surface area contributed by atoms with Gasteiger partial charge in [-0.25, -0.2) is 4.39 Å². The third-order valence-electron chi connectivity index (χ3n) is 8.96. The maximum Gasteiger partial charge on any atom is 0.319 e. The number of aromatic nitrogens is 2. The van der Waals surface area contributed by atoms with E-state index in [4.69, 9.17) is 26.3 Å². The molecule has 7 nitrogen and oxygen atoms in total. The van der Waals surface area contributed by atoms with Gasteiger partial charge in [-0.15, -0.1) is 0 Å². The van der Waals surface area contributed by atoms with Crippen LogP contribution >= 0.6 is 11.6 Å². The first kappa shape index (κ1) is 26.2. The van der Waals surface area contributed by atoms with Gasteiger partial charge in [0, 0.05) is 34.9 Å². The fourth-order valence-electron chi connectivity index (χ4n) is 6.71. The van der Waals surface area contributed by atoms with Crippen LogP contribution in [0.4, 0.5) is 10.2 Å². The molecule has 41 heavy (non-hydrogen) atoms. The maximum atomic E-state index is 13.6. The zero-order valence-electron chi connectivity index (χ0n) is 22.9. The number of carbonyl (C=O) groups is 1. The Kier molecular flexibility index (Phi) is 6.55. The minimum absolute atomic E-state index is 0.0572. The Bertz CT molecular complexity index is 1690. The minimum atomic E-state index is -0.912. The predicted octanol–water partition coefficient (Wildman–Crippen LogP) is 5.85. The molecule has 4 aromatic rings. The van der Waals surface area contributed by atoms with Crippen LogP contribution in [0.5, 0.6) is 6.01 Å². The molecule has 0 spiro atoms. The summed E-state index contributed by atoms with van der Waals surface area (Å²) >= 11 is 6.66. The van der Waals surface area contributed by atoms with Gasteiger partial charge in [-0.2, -0.15) is 9.97 Å². The second kappa shape index (κ2) is 10.3. The fourth-order valence-corrected chi connectivity index (χ4v) is 6.99. The first-order valence-corrected chi connectivity index (χ1v) is 14.5. The molecular weight excluding hydrogens is 541 g/mol. The van der Waals surface area contributed by atoms with E-state index >= 15 is 0 Å². The van der Waals surface area contributed by atoms with E-state index in [0.717, 1.165) is 64.4 Å². The van der Waals surface area contributed by atoms with Gasteiger partial charge < -0.3 is 19.4 Å². The number of anilines is 1. The molecule has 3 atom stereocenters. The van der Waals surface area contributed by atoms with Crippen molar-refractivity contribution >= 4 is 45.0 Å². The molecule has 1 aromatic heterocycles. The lowest BCUT2D eigenvalue weighted by Crippen LogP contribution is -2.63. The third kappa shape index (κ3) is 4.50. The van der Waals surface area contributed by atoms with Gasteiger partial charge in [0.25, 0.3) is 5.91 Å². The smallest absolute Gasteiger partial charge is 0.319 e. The molecule has 7 rings (SSSR count). The molecule has 0 radical (unpaired) electrons. The predicted molar refractivity (Wildman–Crippen MR) is 160 cm³/mol. The number of hydrogen-bond acceptors (Lipinski definition) is 6. The molecule has 0 aliphatic carbocycles. The summed E-state index contributed by atoms with van der Waals surface area (Å²) in [7, 11) is 2.12. The minimum Gasteiger partial charge on any atom is -0.462 e. The largest absolute Gasteiger partial charge is 0.462 e. The average Bonchev–Trinajstić information content (AvgIpc) is 3.52. The summed E-state index contributed by atoms with van der Waals surface area (Å²) in [6.07, 6.45) is 2.98. The van der Waals surface area contributed by atoms with Gasteiger partial charge >= 0.3 is 6.01 Å². The maximum absolute atomic E-state index is 13.6. The van der Waals surface area contributed by atoms with Crippen molar-refractivity contribution in [2.24, 2.45) is 0 Å². The highest BCUT2D eigenvalue weighted by Crippen LogP contribution is 2.41. The fraction of sp³-hybridized carbons (Fsp3) is 0.344. The Hall–Kier alpha value is -3.75. The number of likely N-dealkylation sites (tertiary alicyclic amines) is 2. The topological polar surface area (TPSA) is 61.8 Å². The molecule has 1 unspecified atom stereocenters. The molecule has 9 heteroatoms. The SMILES string of the molecule is C=C(F)C(=O)N1CC[C@@H]2[C@H]1CN2c1nc(OCC2CCCN2C)nc2cc(-c3cccc4cccc(Cl)c34)ccc12. The van der Waals surface area contributed by atoms with E-state index in [9.17, 15) is 9.18 Å². The molecule has 0 bridgehead atoms. The number of benzene rings is 3. The van der Waals surface area contributed by atoms with Crippen LogP contribution in [-0.4, -0.2) is 77.1 Å². The van der Waals surface area contributed by atoms with Crippen LogP contribution in [0.2, 0.25) is 5.02 Å². The molecular formula is C32H31ClFN5O2. The lowest BCUT2D eigenvalue weighted by atomic mass is 9.95. The zero-order valence-corrected chi connectivity index (χ0v) is 23.6. The summed E-state index contributed by atoms with van der Waals surface area (Å²) in [5.41, 5.74) is 2.81. The average molecular weight is 572 g/mol. The Morgan fingerprint density at radius 3 is 2.71 bits per heavy atom. The van der Waals surface area contributed by atoms with Crippen LogP contribution in [0, 0.1) is 0 Å². The third-order valence-corrected chi connectivity index (χ3v) is 9.27. The van der Waals surface area contributed by atoms with Crippen molar-refractivity contribution in [1.82, 2.24) is 19.8 Å². The zero-order chi connectivity index (χ0) is 28.2. The number of rotatable bonds is 6. The van der Waals surface area contributed by atoms with Gasteiger partial charge in [0.05, 0.1) is 17.6 Å². The lowest BCUT2D eigenvalue weighted by Gasteiger charge is -2.47. The van der Waals surface area contributed by atoms with E-state index in [0.29, 0.717) is 36.8 Å². The van der Waals surface area contributed by atoms with Crippen LogP contribution in [0.3, 0.4) is 0 Å². The molecule has 4 heterocycles. The number of hydrogen-bond donors (Lipinski definition) is 0. The summed E-state index contributed by atoms with van der Waals surface area (Å²) in [5, 5.41) is 3.69. The van der Waals surface area contributed by atoms with Gasteiger partial charge in [0.2, 0.25) is 0 Å². The highest BCUT2D eigenvalue weighted by molar-refractivity contribution is 6.36. The summed E-state index contributed by atoms with van der Waals surface area (Å²) in [4.78, 5) is 28.2. The van der Waals surface area contributed by atoms with Crippen LogP contribution in [0.25, 0.3) is 32.8 Å². The highest BCUT2D eigenvalue weighted by atomic mass is 35.5. The van der Waals surface area contributed by atoms with Crippen molar-refractivity contribution in [3.05, 3.63) is 72.0 Å². The van der Waals surface area contributed by atoms with Gasteiger partial charge in [0.15, 0.2) is 5.83 Å². The van der Waals surface area contributed by atoms with Gasteiger partial charge in [-0.05, 0) is 67.6 Å². The lowest BCUT2D eigenvalue weighted by molar-refractivity contribution is -0.130. The van der Waals surface area contributed by atoms with Crippen LogP contribution in [0.15, 0.2) is 67.0 Å². The number of fused-ring (bicyclic) bond motifs is 3. The Morgan fingerprint density at radius 1 is 1.10 bits per heavy atom.